The SMILES string of the molecule is COc1ccc(CN2CCCCC[C@@H]2c2sccc2C)c(OC)c1OC. The molecule has 4 nitrogen and oxygen atoms in total. The van der Waals surface area contributed by atoms with E-state index >= 15 is 0 Å². The van der Waals surface area contributed by atoms with Gasteiger partial charge in [0.05, 0.1) is 21.3 Å². The van der Waals surface area contributed by atoms with Crippen molar-refractivity contribution in [3.8, 4) is 17.2 Å². The molecule has 142 valence electrons. The average Bonchev–Trinajstić information content (AvgIpc) is 2.95. The third kappa shape index (κ3) is 3.84. The van der Waals surface area contributed by atoms with Gasteiger partial charge in [-0.05, 0) is 49.4 Å². The van der Waals surface area contributed by atoms with Gasteiger partial charge in [0.1, 0.15) is 0 Å². The van der Waals surface area contributed by atoms with Crippen molar-refractivity contribution in [2.24, 2.45) is 0 Å². The zero-order valence-electron chi connectivity index (χ0n) is 16.2. The predicted molar refractivity (Wildman–Crippen MR) is 107 cm³/mol. The van der Waals surface area contributed by atoms with E-state index in [0.29, 0.717) is 17.5 Å². The van der Waals surface area contributed by atoms with Crippen molar-refractivity contribution >= 4 is 11.3 Å². The summed E-state index contributed by atoms with van der Waals surface area (Å²) in [7, 11) is 5.01. The number of ether oxygens (including phenoxy) is 3. The minimum atomic E-state index is 0.482. The molecule has 1 aromatic heterocycles. The first-order valence-electron chi connectivity index (χ1n) is 9.25. The molecule has 1 aliphatic rings. The fourth-order valence-electron chi connectivity index (χ4n) is 3.89. The highest BCUT2D eigenvalue weighted by atomic mass is 32.1. The Hall–Kier alpha value is -1.72. The summed E-state index contributed by atoms with van der Waals surface area (Å²) < 4.78 is 16.7. The minimum Gasteiger partial charge on any atom is -0.493 e. The summed E-state index contributed by atoms with van der Waals surface area (Å²) in [5.41, 5.74) is 2.55. The number of benzene rings is 1. The number of hydrogen-bond acceptors (Lipinski definition) is 5. The number of rotatable bonds is 6. The van der Waals surface area contributed by atoms with Crippen LogP contribution >= 0.6 is 11.3 Å². The summed E-state index contributed by atoms with van der Waals surface area (Å²) in [4.78, 5) is 4.11. The molecule has 0 radical (unpaired) electrons. The lowest BCUT2D eigenvalue weighted by atomic mass is 10.0. The standard InChI is InChI=1S/C21H29NO3S/c1-15-11-13-26-21(15)17-8-6-5-7-12-22(17)14-16-9-10-18(23-2)20(25-4)19(16)24-3/h9-11,13,17H,5-8,12,14H2,1-4H3/t17-/m1/s1. The Morgan fingerprint density at radius 2 is 1.81 bits per heavy atom. The molecule has 0 saturated carbocycles. The van der Waals surface area contributed by atoms with Crippen LogP contribution in [-0.2, 0) is 6.54 Å². The summed E-state index contributed by atoms with van der Waals surface area (Å²) in [6, 6.07) is 6.79. The summed E-state index contributed by atoms with van der Waals surface area (Å²) in [5, 5.41) is 2.21. The van der Waals surface area contributed by atoms with Gasteiger partial charge >= 0.3 is 0 Å². The molecule has 1 aromatic carbocycles. The molecule has 0 amide bonds. The monoisotopic (exact) mass is 375 g/mol. The van der Waals surface area contributed by atoms with E-state index in [2.05, 4.69) is 29.3 Å². The van der Waals surface area contributed by atoms with Gasteiger partial charge in [0, 0.05) is 23.0 Å². The van der Waals surface area contributed by atoms with Crippen molar-refractivity contribution in [2.75, 3.05) is 27.9 Å². The molecule has 0 bridgehead atoms. The van der Waals surface area contributed by atoms with Gasteiger partial charge in [0.25, 0.3) is 0 Å². The van der Waals surface area contributed by atoms with Gasteiger partial charge in [0.15, 0.2) is 11.5 Å². The highest BCUT2D eigenvalue weighted by Gasteiger charge is 2.27. The molecular weight excluding hydrogens is 346 g/mol. The van der Waals surface area contributed by atoms with E-state index in [0.717, 1.165) is 24.4 Å². The summed E-state index contributed by atoms with van der Waals surface area (Å²) in [5.74, 6) is 2.15. The third-order valence-corrected chi connectivity index (χ3v) is 6.35. The Morgan fingerprint density at radius 3 is 2.46 bits per heavy atom. The van der Waals surface area contributed by atoms with Gasteiger partial charge in [0.2, 0.25) is 5.75 Å². The number of methoxy groups -OCH3 is 3. The van der Waals surface area contributed by atoms with Crippen LogP contribution in [0, 0.1) is 6.92 Å². The van der Waals surface area contributed by atoms with Crippen molar-refractivity contribution in [1.82, 2.24) is 4.90 Å². The molecule has 0 N–H and O–H groups in total. The number of hydrogen-bond donors (Lipinski definition) is 0. The highest BCUT2D eigenvalue weighted by Crippen LogP contribution is 2.42. The Kier molecular flexibility index (Phi) is 6.43. The van der Waals surface area contributed by atoms with Crippen molar-refractivity contribution in [3.05, 3.63) is 39.6 Å². The van der Waals surface area contributed by atoms with E-state index in [1.807, 2.05) is 17.4 Å². The van der Waals surface area contributed by atoms with Crippen LogP contribution in [0.2, 0.25) is 0 Å². The highest BCUT2D eigenvalue weighted by molar-refractivity contribution is 7.10. The number of nitrogens with zero attached hydrogens (tertiary/aromatic N) is 1. The summed E-state index contributed by atoms with van der Waals surface area (Å²) >= 11 is 1.89. The largest absolute Gasteiger partial charge is 0.493 e. The van der Waals surface area contributed by atoms with Crippen molar-refractivity contribution in [3.63, 3.8) is 0 Å². The second-order valence-electron chi connectivity index (χ2n) is 6.80. The van der Waals surface area contributed by atoms with Crippen LogP contribution in [0.1, 0.15) is 47.7 Å². The van der Waals surface area contributed by atoms with Gasteiger partial charge < -0.3 is 14.2 Å². The predicted octanol–water partition coefficient (Wildman–Crippen LogP) is 5.20. The molecule has 1 atom stereocenters. The second-order valence-corrected chi connectivity index (χ2v) is 7.74. The van der Waals surface area contributed by atoms with Crippen LogP contribution in [0.4, 0.5) is 0 Å². The summed E-state index contributed by atoms with van der Waals surface area (Å²) in [6.07, 6.45) is 5.07. The van der Waals surface area contributed by atoms with Crippen molar-refractivity contribution < 1.29 is 14.2 Å². The Balaban J connectivity index is 1.93. The van der Waals surface area contributed by atoms with Crippen LogP contribution in [-0.4, -0.2) is 32.8 Å². The zero-order chi connectivity index (χ0) is 18.5. The van der Waals surface area contributed by atoms with Gasteiger partial charge in [-0.15, -0.1) is 11.3 Å². The smallest absolute Gasteiger partial charge is 0.203 e. The maximum atomic E-state index is 5.70. The fraction of sp³-hybridized carbons (Fsp3) is 0.524. The Morgan fingerprint density at radius 1 is 1.00 bits per heavy atom. The van der Waals surface area contributed by atoms with E-state index in [1.54, 1.807) is 21.3 Å². The number of aryl methyl sites for hydroxylation is 1. The Bertz CT molecular complexity index is 728. The molecule has 0 spiro atoms. The molecular formula is C21H29NO3S. The molecule has 0 unspecified atom stereocenters. The molecule has 5 heteroatoms. The Labute approximate surface area is 160 Å². The van der Waals surface area contributed by atoms with E-state index in [-0.39, 0.29) is 0 Å². The first kappa shape index (κ1) is 19.1. The van der Waals surface area contributed by atoms with Crippen LogP contribution in [0.15, 0.2) is 23.6 Å². The first-order chi connectivity index (χ1) is 12.7. The van der Waals surface area contributed by atoms with E-state index < -0.39 is 0 Å². The third-order valence-electron chi connectivity index (χ3n) is 5.23. The number of thiophene rings is 1. The van der Waals surface area contributed by atoms with E-state index in [4.69, 9.17) is 14.2 Å². The molecule has 3 rings (SSSR count). The fourth-order valence-corrected chi connectivity index (χ4v) is 4.98. The molecule has 0 aliphatic carbocycles. The quantitative estimate of drug-likeness (QED) is 0.694. The molecule has 1 aliphatic heterocycles. The lowest BCUT2D eigenvalue weighted by Crippen LogP contribution is -2.28. The normalized spacial score (nSPS) is 18.4. The number of likely N-dealkylation sites (tertiary alicyclic amines) is 1. The lowest BCUT2D eigenvalue weighted by molar-refractivity contribution is 0.191. The molecule has 1 saturated heterocycles. The maximum absolute atomic E-state index is 5.70. The van der Waals surface area contributed by atoms with Crippen LogP contribution in [0.25, 0.3) is 0 Å². The van der Waals surface area contributed by atoms with Gasteiger partial charge in [-0.25, -0.2) is 0 Å². The topological polar surface area (TPSA) is 30.9 Å². The van der Waals surface area contributed by atoms with Gasteiger partial charge in [-0.1, -0.05) is 18.9 Å². The minimum absolute atomic E-state index is 0.482. The molecule has 26 heavy (non-hydrogen) atoms. The van der Waals surface area contributed by atoms with E-state index in [9.17, 15) is 0 Å². The zero-order valence-corrected chi connectivity index (χ0v) is 17.0. The van der Waals surface area contributed by atoms with Crippen LogP contribution in [0.5, 0.6) is 17.2 Å². The van der Waals surface area contributed by atoms with Crippen molar-refractivity contribution in [2.45, 2.75) is 45.2 Å². The molecule has 1 fully saturated rings. The van der Waals surface area contributed by atoms with Gasteiger partial charge in [-0.3, -0.25) is 4.90 Å². The molecule has 2 heterocycles. The van der Waals surface area contributed by atoms with Crippen LogP contribution in [0.3, 0.4) is 0 Å². The van der Waals surface area contributed by atoms with Crippen LogP contribution < -0.4 is 14.2 Å². The lowest BCUT2D eigenvalue weighted by Gasteiger charge is -2.30. The van der Waals surface area contributed by atoms with Crippen molar-refractivity contribution in [1.29, 1.82) is 0 Å². The maximum Gasteiger partial charge on any atom is 0.203 e. The first-order valence-corrected chi connectivity index (χ1v) is 10.1. The average molecular weight is 376 g/mol. The second kappa shape index (κ2) is 8.78. The summed E-state index contributed by atoms with van der Waals surface area (Å²) in [6.45, 7) is 4.19. The van der Waals surface area contributed by atoms with E-state index in [1.165, 1.54) is 36.1 Å². The van der Waals surface area contributed by atoms with Gasteiger partial charge in [-0.2, -0.15) is 0 Å². The molecule has 2 aromatic rings.